The van der Waals surface area contributed by atoms with Crippen LogP contribution in [-0.2, 0) is 16.1 Å². The van der Waals surface area contributed by atoms with E-state index in [0.29, 0.717) is 22.7 Å². The number of amides is 1. The minimum Gasteiger partial charge on any atom is -0.497 e. The summed E-state index contributed by atoms with van der Waals surface area (Å²) in [6.07, 6.45) is 0. The van der Waals surface area contributed by atoms with E-state index < -0.39 is 5.82 Å². The van der Waals surface area contributed by atoms with Crippen molar-refractivity contribution in [2.75, 3.05) is 31.9 Å². The molecular formula is C25H26FN5O4S2. The van der Waals surface area contributed by atoms with Crippen molar-refractivity contribution < 1.29 is 23.4 Å². The van der Waals surface area contributed by atoms with E-state index in [1.807, 2.05) is 41.1 Å². The maximum absolute atomic E-state index is 13.9. The number of methoxy groups -OCH3 is 2. The highest BCUT2D eigenvalue weighted by Gasteiger charge is 2.20. The van der Waals surface area contributed by atoms with Gasteiger partial charge in [-0.05, 0) is 43.3 Å². The lowest BCUT2D eigenvalue weighted by atomic mass is 10.2. The Kier molecular flexibility index (Phi) is 9.09. The van der Waals surface area contributed by atoms with Crippen LogP contribution in [0.15, 0.2) is 59.1 Å². The largest absolute Gasteiger partial charge is 0.497 e. The normalized spacial score (nSPS) is 11.8. The molecule has 2 aromatic heterocycles. The molecule has 0 aliphatic rings. The monoisotopic (exact) mass is 543 g/mol. The molecule has 2 heterocycles. The molecule has 0 unspecified atom stereocenters. The highest BCUT2D eigenvalue weighted by Crippen LogP contribution is 2.28. The van der Waals surface area contributed by atoms with E-state index in [4.69, 9.17) is 14.2 Å². The molecule has 2 aromatic carbocycles. The van der Waals surface area contributed by atoms with Crippen molar-refractivity contribution in [1.82, 2.24) is 19.7 Å². The number of aromatic nitrogens is 4. The van der Waals surface area contributed by atoms with Crippen LogP contribution in [0.5, 0.6) is 11.5 Å². The topological polar surface area (TPSA) is 100 Å². The van der Waals surface area contributed by atoms with Gasteiger partial charge in [0.15, 0.2) is 27.7 Å². The van der Waals surface area contributed by atoms with Crippen LogP contribution in [0.1, 0.15) is 18.8 Å². The Bertz CT molecular complexity index is 1330. The van der Waals surface area contributed by atoms with Crippen LogP contribution in [0.4, 0.5) is 9.52 Å². The molecule has 1 amide bonds. The molecule has 12 heteroatoms. The first kappa shape index (κ1) is 26.6. The Balaban J connectivity index is 1.39. The van der Waals surface area contributed by atoms with E-state index in [0.717, 1.165) is 17.0 Å². The Labute approximate surface area is 222 Å². The molecule has 0 aliphatic heterocycles. The third-order valence-electron chi connectivity index (χ3n) is 5.25. The number of hydrogen-bond acceptors (Lipinski definition) is 9. The van der Waals surface area contributed by atoms with Crippen LogP contribution >= 0.6 is 23.1 Å². The fourth-order valence-electron chi connectivity index (χ4n) is 3.48. The summed E-state index contributed by atoms with van der Waals surface area (Å²) in [5.41, 5.74) is 1.69. The van der Waals surface area contributed by atoms with Crippen LogP contribution in [0, 0.1) is 5.82 Å². The predicted molar refractivity (Wildman–Crippen MR) is 141 cm³/mol. The SMILES string of the molecule is COC[C@H](C)n1c(COc2ccccc2F)nnc1SCC(=O)Nc1nc(-c2ccc(OC)cc2)cs1. The molecule has 4 aromatic rings. The fourth-order valence-corrected chi connectivity index (χ4v) is 5.07. The number of para-hydroxylation sites is 1. The highest BCUT2D eigenvalue weighted by molar-refractivity contribution is 7.99. The van der Waals surface area contributed by atoms with Gasteiger partial charge in [0.25, 0.3) is 0 Å². The minimum atomic E-state index is -0.456. The fraction of sp³-hybridized carbons (Fsp3) is 0.280. The maximum Gasteiger partial charge on any atom is 0.236 e. The van der Waals surface area contributed by atoms with Gasteiger partial charge >= 0.3 is 0 Å². The average molecular weight is 544 g/mol. The molecule has 0 fully saturated rings. The number of nitrogens with zero attached hydrogens (tertiary/aromatic N) is 4. The van der Waals surface area contributed by atoms with E-state index in [1.54, 1.807) is 32.4 Å². The zero-order valence-corrected chi connectivity index (χ0v) is 22.1. The predicted octanol–water partition coefficient (Wildman–Crippen LogP) is 5.07. The summed E-state index contributed by atoms with van der Waals surface area (Å²) in [5.74, 6) is 0.811. The molecule has 9 nitrogen and oxygen atoms in total. The molecule has 0 saturated carbocycles. The smallest absolute Gasteiger partial charge is 0.236 e. The molecule has 0 radical (unpaired) electrons. The Morgan fingerprint density at radius 1 is 1.16 bits per heavy atom. The van der Waals surface area contributed by atoms with Gasteiger partial charge in [-0.1, -0.05) is 23.9 Å². The number of thiazole rings is 1. The molecule has 0 saturated heterocycles. The van der Waals surface area contributed by atoms with Crippen molar-refractivity contribution in [3.63, 3.8) is 0 Å². The van der Waals surface area contributed by atoms with Crippen LogP contribution in [0.3, 0.4) is 0 Å². The van der Waals surface area contributed by atoms with Gasteiger partial charge in [-0.15, -0.1) is 21.5 Å². The number of nitrogens with one attached hydrogen (secondary N) is 1. The number of anilines is 1. The first-order chi connectivity index (χ1) is 18.0. The summed E-state index contributed by atoms with van der Waals surface area (Å²) in [6, 6.07) is 13.6. The van der Waals surface area contributed by atoms with Crippen molar-refractivity contribution in [3.8, 4) is 22.8 Å². The summed E-state index contributed by atoms with van der Waals surface area (Å²) in [6.45, 7) is 2.36. The second-order valence-electron chi connectivity index (χ2n) is 7.90. The van der Waals surface area contributed by atoms with Gasteiger partial charge in [0, 0.05) is 18.1 Å². The Morgan fingerprint density at radius 3 is 2.68 bits per heavy atom. The van der Waals surface area contributed by atoms with E-state index in [-0.39, 0.29) is 30.1 Å². The average Bonchev–Trinajstić information content (AvgIpc) is 3.54. The van der Waals surface area contributed by atoms with E-state index in [9.17, 15) is 9.18 Å². The minimum absolute atomic E-state index is 0.0159. The lowest BCUT2D eigenvalue weighted by molar-refractivity contribution is -0.113. The van der Waals surface area contributed by atoms with Gasteiger partial charge in [0.05, 0.1) is 31.2 Å². The summed E-state index contributed by atoms with van der Waals surface area (Å²) in [5, 5.41) is 14.2. The van der Waals surface area contributed by atoms with Gasteiger partial charge in [-0.25, -0.2) is 9.37 Å². The van der Waals surface area contributed by atoms with Crippen LogP contribution < -0.4 is 14.8 Å². The molecule has 1 N–H and O–H groups in total. The summed E-state index contributed by atoms with van der Waals surface area (Å²) in [7, 11) is 3.22. The summed E-state index contributed by atoms with van der Waals surface area (Å²) in [4.78, 5) is 17.2. The number of ether oxygens (including phenoxy) is 3. The molecule has 1 atom stereocenters. The molecule has 0 spiro atoms. The lowest BCUT2D eigenvalue weighted by Gasteiger charge is -2.17. The standard InChI is InChI=1S/C25H26FN5O4S2/c1-16(12-33-2)31-22(13-35-21-7-5-4-6-19(21)26)29-30-25(31)37-15-23(32)28-24-27-20(14-36-24)17-8-10-18(34-3)11-9-17/h4-11,14,16H,12-13,15H2,1-3H3,(H,27,28,32)/t16-/m0/s1. The second-order valence-corrected chi connectivity index (χ2v) is 9.70. The molecule has 0 bridgehead atoms. The maximum atomic E-state index is 13.9. The van der Waals surface area contributed by atoms with Crippen molar-refractivity contribution in [2.24, 2.45) is 0 Å². The number of rotatable bonds is 12. The van der Waals surface area contributed by atoms with E-state index >= 15 is 0 Å². The summed E-state index contributed by atoms with van der Waals surface area (Å²) < 4.78 is 31.9. The highest BCUT2D eigenvalue weighted by atomic mass is 32.2. The lowest BCUT2D eigenvalue weighted by Crippen LogP contribution is -2.18. The van der Waals surface area contributed by atoms with Crippen LogP contribution in [0.2, 0.25) is 0 Å². The Morgan fingerprint density at radius 2 is 1.95 bits per heavy atom. The van der Waals surface area contributed by atoms with Crippen molar-refractivity contribution in [1.29, 1.82) is 0 Å². The number of carbonyl (C=O) groups excluding carboxylic acids is 1. The third kappa shape index (κ3) is 6.85. The van der Waals surface area contributed by atoms with Crippen molar-refractivity contribution >= 4 is 34.1 Å². The van der Waals surface area contributed by atoms with E-state index in [2.05, 4.69) is 20.5 Å². The zero-order chi connectivity index (χ0) is 26.2. The second kappa shape index (κ2) is 12.7. The Hall–Kier alpha value is -3.48. The van der Waals surface area contributed by atoms with E-state index in [1.165, 1.54) is 29.2 Å². The van der Waals surface area contributed by atoms with Gasteiger partial charge in [-0.3, -0.25) is 9.36 Å². The number of thioether (sulfide) groups is 1. The number of carbonyl (C=O) groups is 1. The molecule has 4 rings (SSSR count). The quantitative estimate of drug-likeness (QED) is 0.247. The van der Waals surface area contributed by atoms with Crippen LogP contribution in [0.25, 0.3) is 11.3 Å². The molecule has 37 heavy (non-hydrogen) atoms. The first-order valence-electron chi connectivity index (χ1n) is 11.3. The van der Waals surface area contributed by atoms with Crippen LogP contribution in [-0.4, -0.2) is 52.2 Å². The zero-order valence-electron chi connectivity index (χ0n) is 20.5. The molecule has 194 valence electrons. The van der Waals surface area contributed by atoms with Crippen molar-refractivity contribution in [3.05, 3.63) is 65.6 Å². The van der Waals surface area contributed by atoms with Gasteiger partial charge in [0.1, 0.15) is 12.4 Å². The summed E-state index contributed by atoms with van der Waals surface area (Å²) >= 11 is 2.58. The number of benzene rings is 2. The number of halogens is 1. The number of hydrogen-bond donors (Lipinski definition) is 1. The van der Waals surface area contributed by atoms with Crippen molar-refractivity contribution in [2.45, 2.75) is 24.7 Å². The van der Waals surface area contributed by atoms with Gasteiger partial charge in [0.2, 0.25) is 5.91 Å². The molecular weight excluding hydrogens is 517 g/mol. The first-order valence-corrected chi connectivity index (χ1v) is 13.2. The third-order valence-corrected chi connectivity index (χ3v) is 6.95. The van der Waals surface area contributed by atoms with Gasteiger partial charge < -0.3 is 19.5 Å². The molecule has 0 aliphatic carbocycles. The van der Waals surface area contributed by atoms with Gasteiger partial charge in [-0.2, -0.15) is 0 Å².